The zero-order chi connectivity index (χ0) is 14.3. The molecule has 2 heterocycles. The first-order chi connectivity index (χ1) is 9.58. The van der Waals surface area contributed by atoms with Crippen molar-refractivity contribution in [1.29, 1.82) is 0 Å². The maximum atomic E-state index is 14.1. The smallest absolute Gasteiger partial charge is 0.200 e. The topological polar surface area (TPSA) is 34.4 Å². The van der Waals surface area contributed by atoms with Crippen molar-refractivity contribution in [2.45, 2.75) is 13.8 Å². The zero-order valence-electron chi connectivity index (χ0n) is 11.2. The molecule has 0 radical (unpaired) electrons. The Morgan fingerprint density at radius 3 is 2.80 bits per heavy atom. The average Bonchev–Trinajstić information content (AvgIpc) is 2.81. The van der Waals surface area contributed by atoms with Crippen molar-refractivity contribution in [2.75, 3.05) is 0 Å². The maximum Gasteiger partial charge on any atom is 0.200 e. The lowest BCUT2D eigenvalue weighted by atomic mass is 9.97. The van der Waals surface area contributed by atoms with Crippen LogP contribution in [0.3, 0.4) is 0 Å². The summed E-state index contributed by atoms with van der Waals surface area (Å²) in [5, 5.41) is 4.12. The quantitative estimate of drug-likeness (QED) is 0.668. The number of aryl methyl sites for hydroxylation is 2. The van der Waals surface area contributed by atoms with Gasteiger partial charge in [0.05, 0.1) is 22.8 Å². The van der Waals surface area contributed by atoms with Crippen molar-refractivity contribution in [3.63, 3.8) is 0 Å². The lowest BCUT2D eigenvalue weighted by Crippen LogP contribution is -2.07. The standard InChI is InChI=1S/C16H13FN2O/c1-10-7-11(2)15(13(17)8-10)16(20)12-9-18-19-6-4-3-5-14(12)19/h3-9H,1-2H3. The van der Waals surface area contributed by atoms with Gasteiger partial charge in [0.25, 0.3) is 0 Å². The van der Waals surface area contributed by atoms with Crippen molar-refractivity contribution in [3.05, 3.63) is 70.8 Å². The number of pyridine rings is 1. The zero-order valence-corrected chi connectivity index (χ0v) is 11.2. The molecule has 3 aromatic rings. The minimum Gasteiger partial charge on any atom is -0.288 e. The largest absolute Gasteiger partial charge is 0.288 e. The highest BCUT2D eigenvalue weighted by Gasteiger charge is 2.20. The van der Waals surface area contributed by atoms with Gasteiger partial charge >= 0.3 is 0 Å². The van der Waals surface area contributed by atoms with Crippen molar-refractivity contribution < 1.29 is 9.18 Å². The number of ketones is 1. The molecule has 20 heavy (non-hydrogen) atoms. The monoisotopic (exact) mass is 268 g/mol. The molecule has 0 aliphatic carbocycles. The van der Waals surface area contributed by atoms with Crippen molar-refractivity contribution >= 4 is 11.3 Å². The number of benzene rings is 1. The minimum absolute atomic E-state index is 0.120. The van der Waals surface area contributed by atoms with E-state index in [-0.39, 0.29) is 11.3 Å². The third-order valence-electron chi connectivity index (χ3n) is 3.33. The van der Waals surface area contributed by atoms with Gasteiger partial charge in [-0.1, -0.05) is 12.1 Å². The Labute approximate surface area is 115 Å². The lowest BCUT2D eigenvalue weighted by molar-refractivity contribution is 0.103. The molecule has 4 heteroatoms. The van der Waals surface area contributed by atoms with Crippen molar-refractivity contribution in [2.24, 2.45) is 0 Å². The van der Waals surface area contributed by atoms with Gasteiger partial charge in [-0.3, -0.25) is 4.79 Å². The molecule has 1 aromatic carbocycles. The van der Waals surface area contributed by atoms with Crippen LogP contribution < -0.4 is 0 Å². The maximum absolute atomic E-state index is 14.1. The van der Waals surface area contributed by atoms with Crippen LogP contribution in [0.25, 0.3) is 5.52 Å². The van der Waals surface area contributed by atoms with Gasteiger partial charge in [-0.25, -0.2) is 8.91 Å². The third-order valence-corrected chi connectivity index (χ3v) is 3.33. The predicted octanol–water partition coefficient (Wildman–Crippen LogP) is 3.32. The Bertz CT molecular complexity index is 797. The van der Waals surface area contributed by atoms with Gasteiger partial charge in [-0.2, -0.15) is 5.10 Å². The van der Waals surface area contributed by atoms with Crippen LogP contribution in [0.4, 0.5) is 4.39 Å². The Balaban J connectivity index is 2.19. The highest BCUT2D eigenvalue weighted by molar-refractivity contribution is 6.13. The Kier molecular flexibility index (Phi) is 2.86. The number of aromatic nitrogens is 2. The molecule has 0 aliphatic rings. The Hall–Kier alpha value is -2.49. The van der Waals surface area contributed by atoms with E-state index in [1.807, 2.05) is 18.2 Å². The fraction of sp³-hybridized carbons (Fsp3) is 0.125. The van der Waals surface area contributed by atoms with E-state index in [4.69, 9.17) is 0 Å². The van der Waals surface area contributed by atoms with Crippen molar-refractivity contribution in [1.82, 2.24) is 9.61 Å². The van der Waals surface area contributed by atoms with E-state index in [0.29, 0.717) is 16.6 Å². The molecule has 0 bridgehead atoms. The van der Waals surface area contributed by atoms with Gasteiger partial charge in [-0.05, 0) is 43.2 Å². The summed E-state index contributed by atoms with van der Waals surface area (Å²) in [6.07, 6.45) is 3.24. The van der Waals surface area contributed by atoms with Gasteiger partial charge in [0.15, 0.2) is 5.78 Å². The average molecular weight is 268 g/mol. The highest BCUT2D eigenvalue weighted by atomic mass is 19.1. The molecule has 0 amide bonds. The van der Waals surface area contributed by atoms with Crippen LogP contribution in [0, 0.1) is 19.7 Å². The molecular weight excluding hydrogens is 255 g/mol. The van der Waals surface area contributed by atoms with Crippen LogP contribution in [0.2, 0.25) is 0 Å². The van der Waals surface area contributed by atoms with Crippen molar-refractivity contribution in [3.8, 4) is 0 Å². The van der Waals surface area contributed by atoms with Crippen LogP contribution in [0.15, 0.2) is 42.7 Å². The number of carbonyl (C=O) groups is 1. The normalized spacial score (nSPS) is 10.9. The van der Waals surface area contributed by atoms with E-state index < -0.39 is 5.82 Å². The molecular formula is C16H13FN2O. The lowest BCUT2D eigenvalue weighted by Gasteiger charge is -2.07. The number of carbonyl (C=O) groups excluding carboxylic acids is 1. The van der Waals surface area contributed by atoms with Gasteiger partial charge < -0.3 is 0 Å². The van der Waals surface area contributed by atoms with Gasteiger partial charge in [0, 0.05) is 6.20 Å². The summed E-state index contributed by atoms with van der Waals surface area (Å²) < 4.78 is 15.7. The Morgan fingerprint density at radius 2 is 2.05 bits per heavy atom. The van der Waals surface area contributed by atoms with Gasteiger partial charge in [0.2, 0.25) is 0 Å². The molecule has 0 unspecified atom stereocenters. The highest BCUT2D eigenvalue weighted by Crippen LogP contribution is 2.21. The first-order valence-corrected chi connectivity index (χ1v) is 6.32. The summed E-state index contributed by atoms with van der Waals surface area (Å²) in [5.74, 6) is -0.816. The molecule has 0 saturated heterocycles. The summed E-state index contributed by atoms with van der Waals surface area (Å²) >= 11 is 0. The summed E-state index contributed by atoms with van der Waals surface area (Å²) in [5.41, 5.74) is 2.65. The van der Waals surface area contributed by atoms with Crippen LogP contribution in [-0.2, 0) is 0 Å². The molecule has 0 aliphatic heterocycles. The number of hydrogen-bond donors (Lipinski definition) is 0. The molecule has 3 nitrogen and oxygen atoms in total. The molecule has 3 rings (SSSR count). The molecule has 100 valence electrons. The molecule has 0 N–H and O–H groups in total. The third kappa shape index (κ3) is 1.90. The van der Waals surface area contributed by atoms with Crippen LogP contribution in [-0.4, -0.2) is 15.4 Å². The minimum atomic E-state index is -0.484. The molecule has 0 atom stereocenters. The number of hydrogen-bond acceptors (Lipinski definition) is 2. The summed E-state index contributed by atoms with van der Waals surface area (Å²) in [6.45, 7) is 3.55. The second-order valence-electron chi connectivity index (χ2n) is 4.86. The first kappa shape index (κ1) is 12.5. The SMILES string of the molecule is Cc1cc(C)c(C(=O)c2cnn3ccccc23)c(F)c1. The van der Waals surface area contributed by atoms with E-state index >= 15 is 0 Å². The summed E-state index contributed by atoms with van der Waals surface area (Å²) in [6, 6.07) is 8.63. The molecule has 0 saturated carbocycles. The van der Waals surface area contributed by atoms with E-state index in [1.165, 1.54) is 12.3 Å². The number of rotatable bonds is 2. The van der Waals surface area contributed by atoms with E-state index in [0.717, 1.165) is 5.56 Å². The molecule has 0 fully saturated rings. The fourth-order valence-corrected chi connectivity index (χ4v) is 2.45. The summed E-state index contributed by atoms with van der Waals surface area (Å²) in [4.78, 5) is 12.6. The fourth-order valence-electron chi connectivity index (χ4n) is 2.45. The first-order valence-electron chi connectivity index (χ1n) is 6.32. The Morgan fingerprint density at radius 1 is 1.25 bits per heavy atom. The second-order valence-corrected chi connectivity index (χ2v) is 4.86. The van der Waals surface area contributed by atoms with Crippen LogP contribution in [0.1, 0.15) is 27.0 Å². The van der Waals surface area contributed by atoms with Crippen LogP contribution in [0.5, 0.6) is 0 Å². The number of nitrogens with zero attached hydrogens (tertiary/aromatic N) is 2. The number of halogens is 1. The van der Waals surface area contributed by atoms with Gasteiger partial charge in [0.1, 0.15) is 5.82 Å². The predicted molar refractivity (Wildman–Crippen MR) is 74.5 cm³/mol. The molecule has 0 spiro atoms. The molecule has 2 aromatic heterocycles. The van der Waals surface area contributed by atoms with Gasteiger partial charge in [-0.15, -0.1) is 0 Å². The van der Waals surface area contributed by atoms with E-state index in [2.05, 4.69) is 5.10 Å². The summed E-state index contributed by atoms with van der Waals surface area (Å²) in [7, 11) is 0. The van der Waals surface area contributed by atoms with Crippen LogP contribution >= 0.6 is 0 Å². The van der Waals surface area contributed by atoms with E-state index in [9.17, 15) is 9.18 Å². The van der Waals surface area contributed by atoms with E-state index in [1.54, 1.807) is 30.6 Å². The number of fused-ring (bicyclic) bond motifs is 1. The second kappa shape index (κ2) is 4.56.